The second-order valence-corrected chi connectivity index (χ2v) is 3.67. The van der Waals surface area contributed by atoms with Gasteiger partial charge >= 0.3 is 0 Å². The maximum atomic E-state index is 8.88. The zero-order valence-electron chi connectivity index (χ0n) is 8.88. The van der Waals surface area contributed by atoms with Crippen molar-refractivity contribution in [3.05, 3.63) is 59.9 Å². The quantitative estimate of drug-likeness (QED) is 0.844. The second kappa shape index (κ2) is 4.65. The molecule has 0 aliphatic rings. The number of nitrogens with two attached hydrogens (primary N) is 1. The molecule has 2 aromatic rings. The van der Waals surface area contributed by atoms with E-state index >= 15 is 0 Å². The first-order chi connectivity index (χ1) is 7.81. The number of rotatable bonds is 3. The highest BCUT2D eigenvalue weighted by atomic mass is 15.0. The molecule has 0 aliphatic heterocycles. The fourth-order valence-corrected chi connectivity index (χ4v) is 1.69. The third-order valence-electron chi connectivity index (χ3n) is 2.57. The lowest BCUT2D eigenvalue weighted by atomic mass is 10.1. The van der Waals surface area contributed by atoms with Crippen molar-refractivity contribution in [2.75, 3.05) is 0 Å². The fraction of sp³-hybridized carbons (Fsp3) is 0.154. The van der Waals surface area contributed by atoms with Gasteiger partial charge in [-0.25, -0.2) is 0 Å². The molecule has 16 heavy (non-hydrogen) atoms. The minimum atomic E-state index is -0.0827. The Bertz CT molecular complexity index is 493. The first-order valence-corrected chi connectivity index (χ1v) is 5.17. The molecule has 0 spiro atoms. The molecule has 0 bridgehead atoms. The molecule has 1 atom stereocenters. The summed E-state index contributed by atoms with van der Waals surface area (Å²) in [6.07, 6.45) is 1.88. The van der Waals surface area contributed by atoms with Gasteiger partial charge in [0.2, 0.25) is 0 Å². The fourth-order valence-electron chi connectivity index (χ4n) is 1.69. The zero-order chi connectivity index (χ0) is 11.4. The molecule has 1 unspecified atom stereocenters. The summed E-state index contributed by atoms with van der Waals surface area (Å²) in [7, 11) is 0. The average Bonchev–Trinajstić information content (AvgIpc) is 2.77. The normalized spacial score (nSPS) is 12.0. The topological polar surface area (TPSA) is 54.7 Å². The average molecular weight is 211 g/mol. The Morgan fingerprint density at radius 2 is 1.94 bits per heavy atom. The molecule has 2 N–H and O–H groups in total. The third-order valence-corrected chi connectivity index (χ3v) is 2.57. The molecule has 0 amide bonds. The summed E-state index contributed by atoms with van der Waals surface area (Å²) in [4.78, 5) is 0. The van der Waals surface area contributed by atoms with Crippen molar-refractivity contribution in [1.82, 2.24) is 4.57 Å². The first kappa shape index (κ1) is 10.5. The van der Waals surface area contributed by atoms with Crippen LogP contribution in [0.25, 0.3) is 0 Å². The van der Waals surface area contributed by atoms with Gasteiger partial charge in [-0.1, -0.05) is 30.3 Å². The van der Waals surface area contributed by atoms with E-state index in [0.29, 0.717) is 12.2 Å². The molecule has 2 rings (SSSR count). The summed E-state index contributed by atoms with van der Waals surface area (Å²) in [6.45, 7) is 0.625. The van der Waals surface area contributed by atoms with E-state index < -0.39 is 0 Å². The molecule has 3 nitrogen and oxygen atoms in total. The molecule has 3 heteroatoms. The van der Waals surface area contributed by atoms with E-state index in [1.54, 1.807) is 6.07 Å². The Hall–Kier alpha value is -2.05. The molecule has 80 valence electrons. The Kier molecular flexibility index (Phi) is 3.04. The van der Waals surface area contributed by atoms with Crippen molar-refractivity contribution in [2.45, 2.75) is 12.6 Å². The van der Waals surface area contributed by atoms with E-state index in [9.17, 15) is 0 Å². The molecule has 0 saturated carbocycles. The molecule has 1 aromatic carbocycles. The van der Waals surface area contributed by atoms with E-state index in [4.69, 9.17) is 11.0 Å². The van der Waals surface area contributed by atoms with Crippen molar-refractivity contribution < 1.29 is 0 Å². The van der Waals surface area contributed by atoms with Gasteiger partial charge in [0.25, 0.3) is 0 Å². The molecule has 1 heterocycles. The molecule has 0 radical (unpaired) electrons. The zero-order valence-corrected chi connectivity index (χ0v) is 8.88. The van der Waals surface area contributed by atoms with Gasteiger partial charge < -0.3 is 10.3 Å². The van der Waals surface area contributed by atoms with Crippen molar-refractivity contribution in [3.63, 3.8) is 0 Å². The Labute approximate surface area is 94.7 Å². The van der Waals surface area contributed by atoms with Gasteiger partial charge in [0, 0.05) is 18.8 Å². The summed E-state index contributed by atoms with van der Waals surface area (Å²) in [5.74, 6) is 0. The lowest BCUT2D eigenvalue weighted by Gasteiger charge is -2.13. The predicted molar refractivity (Wildman–Crippen MR) is 62.5 cm³/mol. The third kappa shape index (κ3) is 2.13. The monoisotopic (exact) mass is 211 g/mol. The Morgan fingerprint density at radius 3 is 2.62 bits per heavy atom. The number of aromatic nitrogens is 1. The summed E-state index contributed by atoms with van der Waals surface area (Å²) < 4.78 is 1.87. The van der Waals surface area contributed by atoms with Gasteiger partial charge in [-0.05, 0) is 17.7 Å². The lowest BCUT2D eigenvalue weighted by molar-refractivity contribution is 0.575. The highest BCUT2D eigenvalue weighted by Crippen LogP contribution is 2.13. The molecular weight excluding hydrogens is 198 g/mol. The van der Waals surface area contributed by atoms with Crippen LogP contribution in [0.15, 0.2) is 48.7 Å². The van der Waals surface area contributed by atoms with Crippen LogP contribution in [-0.4, -0.2) is 4.57 Å². The highest BCUT2D eigenvalue weighted by molar-refractivity contribution is 5.23. The Morgan fingerprint density at radius 1 is 1.19 bits per heavy atom. The predicted octanol–water partition coefficient (Wildman–Crippen LogP) is 2.06. The van der Waals surface area contributed by atoms with Crippen LogP contribution < -0.4 is 5.73 Å². The van der Waals surface area contributed by atoms with E-state index in [-0.39, 0.29) is 6.04 Å². The molecule has 0 fully saturated rings. The standard InChI is InChI=1S/C13H13N3/c14-9-12-7-4-8-16(12)10-13(15)11-5-2-1-3-6-11/h1-8,13H,10,15H2. The van der Waals surface area contributed by atoms with Gasteiger partial charge in [0.05, 0.1) is 0 Å². The number of hydrogen-bond acceptors (Lipinski definition) is 2. The van der Waals surface area contributed by atoms with E-state index in [1.165, 1.54) is 0 Å². The highest BCUT2D eigenvalue weighted by Gasteiger charge is 2.07. The van der Waals surface area contributed by atoms with Gasteiger partial charge in [0.15, 0.2) is 0 Å². The van der Waals surface area contributed by atoms with E-state index in [1.807, 2.05) is 47.2 Å². The van der Waals surface area contributed by atoms with Crippen LogP contribution in [0.4, 0.5) is 0 Å². The lowest BCUT2D eigenvalue weighted by Crippen LogP contribution is -2.17. The van der Waals surface area contributed by atoms with Crippen LogP contribution >= 0.6 is 0 Å². The van der Waals surface area contributed by atoms with Crippen LogP contribution in [0.1, 0.15) is 17.3 Å². The Balaban J connectivity index is 2.15. The van der Waals surface area contributed by atoms with Gasteiger partial charge in [-0.15, -0.1) is 0 Å². The van der Waals surface area contributed by atoms with E-state index in [0.717, 1.165) is 5.56 Å². The van der Waals surface area contributed by atoms with E-state index in [2.05, 4.69) is 6.07 Å². The van der Waals surface area contributed by atoms with Crippen LogP contribution in [0.2, 0.25) is 0 Å². The van der Waals surface area contributed by atoms with Crippen molar-refractivity contribution in [1.29, 1.82) is 5.26 Å². The van der Waals surface area contributed by atoms with Crippen LogP contribution in [-0.2, 0) is 6.54 Å². The smallest absolute Gasteiger partial charge is 0.120 e. The van der Waals surface area contributed by atoms with Crippen molar-refractivity contribution >= 4 is 0 Å². The second-order valence-electron chi connectivity index (χ2n) is 3.67. The number of benzene rings is 1. The van der Waals surface area contributed by atoms with Crippen LogP contribution in [0.3, 0.4) is 0 Å². The minimum Gasteiger partial charge on any atom is -0.338 e. The SMILES string of the molecule is N#Cc1cccn1CC(N)c1ccccc1. The molecule has 1 aromatic heterocycles. The maximum Gasteiger partial charge on any atom is 0.120 e. The number of nitrogens with zero attached hydrogens (tertiary/aromatic N) is 2. The maximum absolute atomic E-state index is 8.88. The van der Waals surface area contributed by atoms with Gasteiger partial charge in [-0.2, -0.15) is 5.26 Å². The first-order valence-electron chi connectivity index (χ1n) is 5.17. The molecule has 0 saturated heterocycles. The summed E-state index contributed by atoms with van der Waals surface area (Å²) in [6, 6.07) is 15.6. The van der Waals surface area contributed by atoms with Crippen molar-refractivity contribution in [2.24, 2.45) is 5.73 Å². The molecule has 0 aliphatic carbocycles. The summed E-state index contributed by atoms with van der Waals surface area (Å²) in [5, 5.41) is 8.88. The minimum absolute atomic E-state index is 0.0827. The number of nitriles is 1. The van der Waals surface area contributed by atoms with Crippen molar-refractivity contribution in [3.8, 4) is 6.07 Å². The largest absolute Gasteiger partial charge is 0.338 e. The van der Waals surface area contributed by atoms with Gasteiger partial charge in [0.1, 0.15) is 11.8 Å². The van der Waals surface area contributed by atoms with Gasteiger partial charge in [-0.3, -0.25) is 0 Å². The molecular formula is C13H13N3. The summed E-state index contributed by atoms with van der Waals surface area (Å²) >= 11 is 0. The van der Waals surface area contributed by atoms with Crippen LogP contribution in [0, 0.1) is 11.3 Å². The summed E-state index contributed by atoms with van der Waals surface area (Å²) in [5.41, 5.74) is 7.81. The number of hydrogen-bond donors (Lipinski definition) is 1. The van der Waals surface area contributed by atoms with Crippen LogP contribution in [0.5, 0.6) is 0 Å².